The number of hydrogen-bond acceptors (Lipinski definition) is 7. The van der Waals surface area contributed by atoms with Crippen LogP contribution in [-0.4, -0.2) is 44.5 Å². The third-order valence-corrected chi connectivity index (χ3v) is 8.29. The average Bonchev–Trinajstić information content (AvgIpc) is 3.33. The summed E-state index contributed by atoms with van der Waals surface area (Å²) in [5.74, 6) is 0. The monoisotopic (exact) mass is 518 g/mol. The van der Waals surface area contributed by atoms with Gasteiger partial charge < -0.3 is 0 Å². The number of halogens is 1. The van der Waals surface area contributed by atoms with Crippen molar-refractivity contribution in [3.05, 3.63) is 73.1 Å². The predicted octanol–water partition coefficient (Wildman–Crippen LogP) is 1.59. The number of aryl methyl sites for hydroxylation is 2. The first kappa shape index (κ1) is 23.4. The Kier molecular flexibility index (Phi) is 5.83. The first-order valence-electron chi connectivity index (χ1n) is 10.9. The van der Waals surface area contributed by atoms with E-state index in [-0.39, 0.29) is 24.2 Å². The third-order valence-electron chi connectivity index (χ3n) is 6.39. The summed E-state index contributed by atoms with van der Waals surface area (Å²) in [6.45, 7) is 1.23. The van der Waals surface area contributed by atoms with Crippen LogP contribution in [0.5, 0.6) is 0 Å². The summed E-state index contributed by atoms with van der Waals surface area (Å²) in [7, 11) is -1.40. The number of thiazole rings is 1. The van der Waals surface area contributed by atoms with E-state index in [0.717, 1.165) is 19.4 Å². The van der Waals surface area contributed by atoms with Crippen molar-refractivity contribution in [2.45, 2.75) is 38.4 Å². The molecule has 5 rings (SSSR count). The summed E-state index contributed by atoms with van der Waals surface area (Å²) < 4.78 is 43.2. The fraction of sp³-hybridized carbons (Fsp3) is 0.364. The van der Waals surface area contributed by atoms with Gasteiger partial charge in [-0.2, -0.15) is 5.10 Å². The van der Waals surface area contributed by atoms with Gasteiger partial charge in [-0.1, -0.05) is 0 Å². The molecule has 1 saturated carbocycles. The molecule has 184 valence electrons. The number of anilines is 1. The van der Waals surface area contributed by atoms with Gasteiger partial charge in [-0.3, -0.25) is 22.9 Å². The van der Waals surface area contributed by atoms with Crippen LogP contribution in [0.1, 0.15) is 29.0 Å². The molecule has 1 fully saturated rings. The van der Waals surface area contributed by atoms with Crippen molar-refractivity contribution in [3.8, 4) is 0 Å². The normalized spacial score (nSPS) is 14.6. The van der Waals surface area contributed by atoms with Crippen LogP contribution < -0.4 is 15.6 Å². The second-order valence-corrected chi connectivity index (χ2v) is 10.6. The molecule has 3 heterocycles. The molecule has 0 atom stereocenters. The molecule has 0 saturated heterocycles. The maximum atomic E-state index is 13.8. The van der Waals surface area contributed by atoms with Crippen molar-refractivity contribution in [1.29, 1.82) is 0 Å². The highest BCUT2D eigenvalue weighted by molar-refractivity contribution is 7.74. The fourth-order valence-corrected chi connectivity index (χ4v) is 5.96. The summed E-state index contributed by atoms with van der Waals surface area (Å²) in [5.41, 5.74) is 1.55. The van der Waals surface area contributed by atoms with E-state index < -0.39 is 34.4 Å². The zero-order chi connectivity index (χ0) is 24.9. The number of benzene rings is 1. The molecule has 3 aromatic heterocycles. The summed E-state index contributed by atoms with van der Waals surface area (Å²) in [4.78, 5) is 32.2. The third kappa shape index (κ3) is 4.08. The Morgan fingerprint density at radius 3 is 2.54 bits per heavy atom. The van der Waals surface area contributed by atoms with Crippen LogP contribution in [0, 0.1) is 6.92 Å². The second kappa shape index (κ2) is 8.72. The Labute approximate surface area is 205 Å². The van der Waals surface area contributed by atoms with Crippen molar-refractivity contribution in [1.82, 2.24) is 23.9 Å². The Hall–Kier alpha value is -3.32. The highest BCUT2D eigenvalue weighted by Gasteiger charge is 2.50. The highest BCUT2D eigenvalue weighted by atomic mass is 32.2. The zero-order valence-electron chi connectivity index (χ0n) is 19.0. The van der Waals surface area contributed by atoms with Gasteiger partial charge in [-0.15, -0.1) is 11.3 Å². The van der Waals surface area contributed by atoms with Crippen LogP contribution in [0.25, 0.3) is 10.9 Å². The standard InChI is InChI=1S/C22H23FN6O4S2/c1-14-19(34-13-24-14)11-27-18-4-3-16(29(35(32)33)22(12-23)5-6-22)7-17(18)20(30)28(21(27)31)10-15-8-25-26(2)9-15/h3-4,7-9,13,35H,5-6,10-12H2,1-2H3. The lowest BCUT2D eigenvalue weighted by Crippen LogP contribution is -2.41. The van der Waals surface area contributed by atoms with E-state index in [4.69, 9.17) is 0 Å². The van der Waals surface area contributed by atoms with E-state index in [1.165, 1.54) is 28.0 Å². The van der Waals surface area contributed by atoms with Gasteiger partial charge in [0, 0.05) is 23.7 Å². The second-order valence-electron chi connectivity index (χ2n) is 8.75. The number of hydrogen-bond donors (Lipinski definition) is 1. The van der Waals surface area contributed by atoms with Gasteiger partial charge in [-0.05, 0) is 38.0 Å². The zero-order valence-corrected chi connectivity index (χ0v) is 20.8. The van der Waals surface area contributed by atoms with Crippen molar-refractivity contribution in [3.63, 3.8) is 0 Å². The summed E-state index contributed by atoms with van der Waals surface area (Å²) in [6, 6.07) is 4.51. The first-order valence-corrected chi connectivity index (χ1v) is 12.9. The lowest BCUT2D eigenvalue weighted by molar-refractivity contribution is 0.417. The molecule has 13 heteroatoms. The number of alkyl halides is 1. The van der Waals surface area contributed by atoms with E-state index in [2.05, 4.69) is 10.1 Å². The van der Waals surface area contributed by atoms with Crippen LogP contribution in [-0.2, 0) is 31.0 Å². The average molecular weight is 519 g/mol. The molecule has 35 heavy (non-hydrogen) atoms. The van der Waals surface area contributed by atoms with Crippen LogP contribution in [0.2, 0.25) is 0 Å². The van der Waals surface area contributed by atoms with Gasteiger partial charge in [0.15, 0.2) is 0 Å². The minimum Gasteiger partial charge on any atom is -0.288 e. The molecule has 4 aromatic rings. The Bertz CT molecular complexity index is 1620. The first-order chi connectivity index (χ1) is 16.7. The lowest BCUT2D eigenvalue weighted by Gasteiger charge is -2.26. The molecule has 0 bridgehead atoms. The molecule has 10 nitrogen and oxygen atoms in total. The molecular formula is C22H23FN6O4S2. The molecular weight excluding hydrogens is 495 g/mol. The fourth-order valence-electron chi connectivity index (χ4n) is 4.28. The number of rotatable bonds is 8. The van der Waals surface area contributed by atoms with Gasteiger partial charge in [0.1, 0.15) is 6.67 Å². The quantitative estimate of drug-likeness (QED) is 0.355. The van der Waals surface area contributed by atoms with E-state index in [9.17, 15) is 22.4 Å². The number of nitrogens with zero attached hydrogens (tertiary/aromatic N) is 6. The van der Waals surface area contributed by atoms with E-state index in [0.29, 0.717) is 23.9 Å². The molecule has 0 radical (unpaired) electrons. The maximum absolute atomic E-state index is 13.8. The molecule has 0 aliphatic heterocycles. The highest BCUT2D eigenvalue weighted by Crippen LogP contribution is 2.45. The molecule has 0 unspecified atom stereocenters. The van der Waals surface area contributed by atoms with Gasteiger partial charge in [0.05, 0.1) is 52.6 Å². The predicted molar refractivity (Wildman–Crippen MR) is 131 cm³/mol. The maximum Gasteiger partial charge on any atom is 0.332 e. The van der Waals surface area contributed by atoms with E-state index >= 15 is 0 Å². The molecule has 0 N–H and O–H groups in total. The van der Waals surface area contributed by atoms with Gasteiger partial charge in [0.2, 0.25) is 10.9 Å². The van der Waals surface area contributed by atoms with Crippen LogP contribution in [0.3, 0.4) is 0 Å². The SMILES string of the molecule is Cc1ncsc1Cn1c(=O)n(Cc2cnn(C)c2)c(=O)c2cc(N([SH](=O)=O)C3(CF)CC3)ccc21. The van der Waals surface area contributed by atoms with Crippen LogP contribution >= 0.6 is 11.3 Å². The number of thiol groups is 1. The summed E-state index contributed by atoms with van der Waals surface area (Å²) in [6.07, 6.45) is 4.10. The molecule has 0 spiro atoms. The van der Waals surface area contributed by atoms with Gasteiger partial charge in [0.25, 0.3) is 5.56 Å². The van der Waals surface area contributed by atoms with Gasteiger partial charge >= 0.3 is 5.69 Å². The Balaban J connectivity index is 1.73. The molecule has 1 aromatic carbocycles. The molecule has 1 aliphatic rings. The lowest BCUT2D eigenvalue weighted by atomic mass is 10.1. The van der Waals surface area contributed by atoms with Crippen molar-refractivity contribution >= 4 is 38.8 Å². The van der Waals surface area contributed by atoms with Gasteiger partial charge in [-0.25, -0.2) is 22.6 Å². The van der Waals surface area contributed by atoms with Crippen molar-refractivity contribution < 1.29 is 12.8 Å². The number of aromatic nitrogens is 5. The van der Waals surface area contributed by atoms with E-state index in [1.54, 1.807) is 35.7 Å². The summed E-state index contributed by atoms with van der Waals surface area (Å²) in [5, 5.41) is 4.28. The number of fused-ring (bicyclic) bond motifs is 1. The minimum absolute atomic E-state index is 0.00129. The molecule has 0 amide bonds. The van der Waals surface area contributed by atoms with Crippen molar-refractivity contribution in [2.75, 3.05) is 11.0 Å². The summed E-state index contributed by atoms with van der Waals surface area (Å²) >= 11 is 1.40. The largest absolute Gasteiger partial charge is 0.332 e. The van der Waals surface area contributed by atoms with E-state index in [1.807, 2.05) is 6.92 Å². The Morgan fingerprint density at radius 2 is 1.97 bits per heavy atom. The molecule has 1 aliphatic carbocycles. The van der Waals surface area contributed by atoms with Crippen LogP contribution in [0.15, 0.2) is 45.7 Å². The smallest absolute Gasteiger partial charge is 0.288 e. The Morgan fingerprint density at radius 1 is 1.20 bits per heavy atom. The topological polar surface area (TPSA) is 112 Å². The minimum atomic E-state index is -3.13. The van der Waals surface area contributed by atoms with Crippen LogP contribution in [0.4, 0.5) is 10.1 Å². The van der Waals surface area contributed by atoms with Crippen molar-refractivity contribution in [2.24, 2.45) is 7.05 Å².